The van der Waals surface area contributed by atoms with E-state index in [2.05, 4.69) is 10.1 Å². The third-order valence-corrected chi connectivity index (χ3v) is 1.49. The molecule has 1 N–H and O–H groups in total. The minimum Gasteiger partial charge on any atom is -0.456 e. The molecular weight excluding hydrogens is 156 g/mol. The summed E-state index contributed by atoms with van der Waals surface area (Å²) in [5, 5.41) is 2.66. The van der Waals surface area contributed by atoms with Crippen molar-refractivity contribution < 1.29 is 18.3 Å². The molecule has 0 radical (unpaired) electrons. The van der Waals surface area contributed by atoms with E-state index in [0.717, 1.165) is 0 Å². The molecule has 0 aromatic carbocycles. The van der Waals surface area contributed by atoms with Crippen LogP contribution < -0.4 is 5.32 Å². The van der Waals surface area contributed by atoms with E-state index in [1.165, 1.54) is 0 Å². The zero-order valence-electron chi connectivity index (χ0n) is 6.06. The maximum Gasteiger partial charge on any atom is 0.377 e. The molecule has 0 bridgehead atoms. The first kappa shape index (κ1) is 8.39. The predicted molar refractivity (Wildman–Crippen MR) is 33.4 cm³/mol. The van der Waals surface area contributed by atoms with Crippen molar-refractivity contribution in [3.63, 3.8) is 0 Å². The first-order chi connectivity index (χ1) is 5.06. The summed E-state index contributed by atoms with van der Waals surface area (Å²) in [6.45, 7) is 0.279. The topological polar surface area (TPSA) is 38.3 Å². The smallest absolute Gasteiger partial charge is 0.377 e. The van der Waals surface area contributed by atoms with E-state index in [4.69, 9.17) is 0 Å². The van der Waals surface area contributed by atoms with Gasteiger partial charge in [-0.3, -0.25) is 0 Å². The highest BCUT2D eigenvalue weighted by Crippen LogP contribution is 2.30. The molecule has 1 saturated heterocycles. The summed E-state index contributed by atoms with van der Waals surface area (Å²) in [6.07, 6.45) is -1.19. The molecule has 0 aromatic heterocycles. The number of likely N-dealkylation sites (N-methyl/N-ethyl adjacent to an activating group) is 1. The van der Waals surface area contributed by atoms with Crippen LogP contribution in [0.25, 0.3) is 0 Å². The number of alkyl halides is 2. The van der Waals surface area contributed by atoms with E-state index in [1.54, 1.807) is 7.05 Å². The van der Waals surface area contributed by atoms with E-state index >= 15 is 0 Å². The second-order valence-electron chi connectivity index (χ2n) is 2.49. The monoisotopic (exact) mass is 165 g/mol. The van der Waals surface area contributed by atoms with Crippen molar-refractivity contribution in [2.75, 3.05) is 13.6 Å². The Kier molecular flexibility index (Phi) is 2.08. The quantitative estimate of drug-likeness (QED) is 0.592. The van der Waals surface area contributed by atoms with Crippen molar-refractivity contribution in [2.45, 2.75) is 18.4 Å². The number of nitrogens with one attached hydrogen (secondary N) is 1. The Morgan fingerprint density at radius 2 is 2.45 bits per heavy atom. The van der Waals surface area contributed by atoms with Crippen LogP contribution >= 0.6 is 0 Å². The zero-order chi connectivity index (χ0) is 8.48. The number of hydrogen-bond acceptors (Lipinski definition) is 3. The molecule has 1 atom stereocenters. The molecule has 64 valence electrons. The van der Waals surface area contributed by atoms with Gasteiger partial charge in [0.25, 0.3) is 0 Å². The maximum atomic E-state index is 12.4. The van der Waals surface area contributed by atoms with Gasteiger partial charge in [0, 0.05) is 6.54 Å². The maximum absolute atomic E-state index is 12.4. The number of halogens is 2. The summed E-state index contributed by atoms with van der Waals surface area (Å²) in [5.74, 6) is -4.68. The van der Waals surface area contributed by atoms with Gasteiger partial charge in [-0.25, -0.2) is 4.79 Å². The van der Waals surface area contributed by atoms with Crippen LogP contribution in [0, 0.1) is 0 Å². The molecule has 1 unspecified atom stereocenters. The molecule has 1 rings (SSSR count). The Balaban J connectivity index is 2.50. The minimum atomic E-state index is -3.28. The molecule has 0 aromatic rings. The lowest BCUT2D eigenvalue weighted by Crippen LogP contribution is -2.24. The van der Waals surface area contributed by atoms with Crippen molar-refractivity contribution in [1.29, 1.82) is 0 Å². The van der Waals surface area contributed by atoms with Gasteiger partial charge in [0.05, 0.1) is 6.42 Å². The fraction of sp³-hybridized carbons (Fsp3) is 0.833. The standard InChI is InChI=1S/C6H9F2NO2/c1-9-3-4-2-6(7,8)5(10)11-4/h4,9H,2-3H2,1H3. The molecule has 1 heterocycles. The number of rotatable bonds is 2. The van der Waals surface area contributed by atoms with Crippen LogP contribution in [-0.2, 0) is 9.53 Å². The number of carbonyl (C=O) groups is 1. The lowest BCUT2D eigenvalue weighted by molar-refractivity contribution is -0.158. The fourth-order valence-corrected chi connectivity index (χ4v) is 0.990. The van der Waals surface area contributed by atoms with E-state index in [9.17, 15) is 13.6 Å². The van der Waals surface area contributed by atoms with E-state index in [0.29, 0.717) is 0 Å². The van der Waals surface area contributed by atoms with Gasteiger partial charge in [0.2, 0.25) is 0 Å². The molecule has 11 heavy (non-hydrogen) atoms. The fourth-order valence-electron chi connectivity index (χ4n) is 0.990. The number of esters is 1. The molecule has 3 nitrogen and oxygen atoms in total. The van der Waals surface area contributed by atoms with Gasteiger partial charge >= 0.3 is 11.9 Å². The molecule has 1 aliphatic rings. The molecule has 1 fully saturated rings. The molecule has 0 spiro atoms. The SMILES string of the molecule is CNCC1CC(F)(F)C(=O)O1. The van der Waals surface area contributed by atoms with Gasteiger partial charge in [0.15, 0.2) is 0 Å². The molecule has 0 amide bonds. The normalized spacial score (nSPS) is 28.6. The molecule has 5 heteroatoms. The van der Waals surface area contributed by atoms with Crippen molar-refractivity contribution in [2.24, 2.45) is 0 Å². The molecular formula is C6H9F2NO2. The van der Waals surface area contributed by atoms with Crippen LogP contribution in [0.3, 0.4) is 0 Å². The van der Waals surface area contributed by atoms with Crippen molar-refractivity contribution in [3.8, 4) is 0 Å². The third kappa shape index (κ3) is 1.65. The van der Waals surface area contributed by atoms with Crippen LogP contribution in [0.1, 0.15) is 6.42 Å². The van der Waals surface area contributed by atoms with Crippen molar-refractivity contribution in [1.82, 2.24) is 5.32 Å². The van der Waals surface area contributed by atoms with Gasteiger partial charge in [0.1, 0.15) is 6.10 Å². The highest BCUT2D eigenvalue weighted by atomic mass is 19.3. The summed E-state index contributed by atoms with van der Waals surface area (Å²) < 4.78 is 29.2. The van der Waals surface area contributed by atoms with Gasteiger partial charge in [-0.1, -0.05) is 0 Å². The average molecular weight is 165 g/mol. The second-order valence-corrected chi connectivity index (χ2v) is 2.49. The van der Waals surface area contributed by atoms with E-state index in [1.807, 2.05) is 0 Å². The van der Waals surface area contributed by atoms with Gasteiger partial charge in [-0.15, -0.1) is 0 Å². The molecule has 1 aliphatic heterocycles. The van der Waals surface area contributed by atoms with E-state index in [-0.39, 0.29) is 6.54 Å². The Labute approximate surface area is 62.7 Å². The largest absolute Gasteiger partial charge is 0.456 e. The highest BCUT2D eigenvalue weighted by Gasteiger charge is 2.50. The minimum absolute atomic E-state index is 0.279. The lowest BCUT2D eigenvalue weighted by Gasteiger charge is -2.05. The average Bonchev–Trinajstić information content (AvgIpc) is 2.08. The first-order valence-corrected chi connectivity index (χ1v) is 3.30. The van der Waals surface area contributed by atoms with Crippen LogP contribution in [0.4, 0.5) is 8.78 Å². The van der Waals surface area contributed by atoms with Crippen molar-refractivity contribution >= 4 is 5.97 Å². The number of cyclic esters (lactones) is 1. The zero-order valence-corrected chi connectivity index (χ0v) is 6.06. The van der Waals surface area contributed by atoms with Crippen LogP contribution in [-0.4, -0.2) is 31.6 Å². The summed E-state index contributed by atoms with van der Waals surface area (Å²) in [4.78, 5) is 10.4. The summed E-state index contributed by atoms with van der Waals surface area (Å²) in [6, 6.07) is 0. The summed E-state index contributed by atoms with van der Waals surface area (Å²) in [7, 11) is 1.62. The Morgan fingerprint density at radius 1 is 1.82 bits per heavy atom. The van der Waals surface area contributed by atoms with Crippen molar-refractivity contribution in [3.05, 3.63) is 0 Å². The predicted octanol–water partition coefficient (Wildman–Crippen LogP) is 0.157. The lowest BCUT2D eigenvalue weighted by atomic mass is 10.2. The Hall–Kier alpha value is -0.710. The number of ether oxygens (including phenoxy) is 1. The van der Waals surface area contributed by atoms with Gasteiger partial charge in [-0.2, -0.15) is 8.78 Å². The number of hydrogen-bond donors (Lipinski definition) is 1. The third-order valence-electron chi connectivity index (χ3n) is 1.49. The highest BCUT2D eigenvalue weighted by molar-refractivity contribution is 5.79. The van der Waals surface area contributed by atoms with Gasteiger partial charge in [-0.05, 0) is 7.05 Å². The summed E-state index contributed by atoms with van der Waals surface area (Å²) in [5.41, 5.74) is 0. The Bertz CT molecular complexity index is 172. The first-order valence-electron chi connectivity index (χ1n) is 3.30. The van der Waals surface area contributed by atoms with E-state index < -0.39 is 24.4 Å². The second kappa shape index (κ2) is 2.73. The van der Waals surface area contributed by atoms with Gasteiger partial charge < -0.3 is 10.1 Å². The van der Waals surface area contributed by atoms with Crippen LogP contribution in [0.15, 0.2) is 0 Å². The number of carbonyl (C=O) groups excluding carboxylic acids is 1. The van der Waals surface area contributed by atoms with Crippen LogP contribution in [0.5, 0.6) is 0 Å². The summed E-state index contributed by atoms with van der Waals surface area (Å²) >= 11 is 0. The molecule has 0 aliphatic carbocycles. The van der Waals surface area contributed by atoms with Crippen LogP contribution in [0.2, 0.25) is 0 Å². The Morgan fingerprint density at radius 3 is 2.82 bits per heavy atom. The molecule has 0 saturated carbocycles.